The number of carboxylic acid groups (broad SMARTS) is 1. The Balaban J connectivity index is 5.31. The monoisotopic (exact) mass is 432 g/mol. The number of carboxylic acids is 1. The molecule has 0 fully saturated rings. The Kier molecular flexibility index (Phi) is 11.9. The maximum Gasteiger partial charge on any atom is 0.326 e. The molecule has 0 aromatic rings. The van der Waals surface area contributed by atoms with Gasteiger partial charge in [0.2, 0.25) is 17.7 Å². The van der Waals surface area contributed by atoms with Crippen LogP contribution in [0.3, 0.4) is 0 Å². The zero-order valence-electron chi connectivity index (χ0n) is 18.1. The van der Waals surface area contributed by atoms with Crippen molar-refractivity contribution >= 4 is 36.3 Å². The van der Waals surface area contributed by atoms with Gasteiger partial charge in [-0.25, -0.2) is 4.79 Å². The first-order valence-electron chi connectivity index (χ1n) is 9.87. The summed E-state index contributed by atoms with van der Waals surface area (Å²) in [5, 5.41) is 16.9. The van der Waals surface area contributed by atoms with Crippen LogP contribution in [0.25, 0.3) is 0 Å². The topological polar surface area (TPSA) is 151 Å². The Labute approximate surface area is 178 Å². The van der Waals surface area contributed by atoms with Crippen molar-refractivity contribution in [2.24, 2.45) is 23.5 Å². The Hall–Kier alpha value is -1.81. The van der Waals surface area contributed by atoms with Gasteiger partial charge in [0.1, 0.15) is 18.1 Å². The lowest BCUT2D eigenvalue weighted by Gasteiger charge is -2.28. The number of amides is 3. The van der Waals surface area contributed by atoms with Crippen molar-refractivity contribution in [3.8, 4) is 0 Å². The first-order chi connectivity index (χ1) is 13.4. The molecule has 0 aliphatic rings. The molecule has 9 nitrogen and oxygen atoms in total. The van der Waals surface area contributed by atoms with E-state index < -0.39 is 47.9 Å². The number of carbonyl (C=O) groups is 4. The standard InChI is InChI=1S/C19H36N4O5S/c1-7-11(6)15(23-17(25)13(20)9(2)3)18(26)21-12(8-29)16(24)22-14(10(4)5)19(27)28/h9-15,29H,7-8,20H2,1-6H3,(H,21,26)(H,22,24)(H,23,25)(H,27,28). The maximum absolute atomic E-state index is 12.8. The van der Waals surface area contributed by atoms with Crippen molar-refractivity contribution in [1.82, 2.24) is 16.0 Å². The molecule has 0 saturated carbocycles. The number of nitrogens with one attached hydrogen (secondary N) is 3. The summed E-state index contributed by atoms with van der Waals surface area (Å²) < 4.78 is 0. The molecule has 0 aliphatic carbocycles. The molecular weight excluding hydrogens is 396 g/mol. The van der Waals surface area contributed by atoms with Crippen LogP contribution < -0.4 is 21.7 Å². The summed E-state index contributed by atoms with van der Waals surface area (Å²) in [4.78, 5) is 48.9. The fraction of sp³-hybridized carbons (Fsp3) is 0.789. The minimum absolute atomic E-state index is 0.0330. The number of hydrogen-bond donors (Lipinski definition) is 6. The molecule has 0 heterocycles. The summed E-state index contributed by atoms with van der Waals surface area (Å²) in [6.45, 7) is 10.6. The number of thiol groups is 1. The van der Waals surface area contributed by atoms with Crippen molar-refractivity contribution in [1.29, 1.82) is 0 Å². The zero-order chi connectivity index (χ0) is 22.9. The van der Waals surface area contributed by atoms with Gasteiger partial charge in [0.05, 0.1) is 6.04 Å². The van der Waals surface area contributed by atoms with Crippen LogP contribution in [0, 0.1) is 17.8 Å². The van der Waals surface area contributed by atoms with Gasteiger partial charge in [0.25, 0.3) is 0 Å². The van der Waals surface area contributed by atoms with Crippen LogP contribution >= 0.6 is 12.6 Å². The molecule has 3 amide bonds. The van der Waals surface area contributed by atoms with E-state index in [1.807, 2.05) is 6.92 Å². The van der Waals surface area contributed by atoms with Gasteiger partial charge in [0.15, 0.2) is 0 Å². The predicted octanol–water partition coefficient (Wildman–Crippen LogP) is 0.141. The minimum Gasteiger partial charge on any atom is -0.480 e. The molecule has 29 heavy (non-hydrogen) atoms. The van der Waals surface area contributed by atoms with E-state index in [0.717, 1.165) is 0 Å². The molecule has 0 rings (SSSR count). The van der Waals surface area contributed by atoms with Gasteiger partial charge in [-0.2, -0.15) is 12.6 Å². The first kappa shape index (κ1) is 27.2. The average Bonchev–Trinajstić information content (AvgIpc) is 2.65. The molecule has 0 aliphatic heterocycles. The zero-order valence-corrected chi connectivity index (χ0v) is 19.0. The highest BCUT2D eigenvalue weighted by atomic mass is 32.1. The second-order valence-corrected chi connectivity index (χ2v) is 8.32. The molecular formula is C19H36N4O5S. The van der Waals surface area contributed by atoms with E-state index in [2.05, 4.69) is 28.6 Å². The van der Waals surface area contributed by atoms with E-state index in [1.54, 1.807) is 34.6 Å². The van der Waals surface area contributed by atoms with E-state index >= 15 is 0 Å². The van der Waals surface area contributed by atoms with Crippen molar-refractivity contribution in [3.63, 3.8) is 0 Å². The Morgan fingerprint density at radius 3 is 1.76 bits per heavy atom. The van der Waals surface area contributed by atoms with Gasteiger partial charge in [-0.05, 0) is 17.8 Å². The number of nitrogens with two attached hydrogens (primary N) is 1. The molecule has 0 aromatic heterocycles. The van der Waals surface area contributed by atoms with E-state index in [-0.39, 0.29) is 23.5 Å². The summed E-state index contributed by atoms with van der Waals surface area (Å²) in [7, 11) is 0. The van der Waals surface area contributed by atoms with Crippen LogP contribution in [0.5, 0.6) is 0 Å². The fourth-order valence-electron chi connectivity index (χ4n) is 2.48. The third-order valence-electron chi connectivity index (χ3n) is 4.86. The van der Waals surface area contributed by atoms with Gasteiger partial charge in [-0.15, -0.1) is 0 Å². The quantitative estimate of drug-likeness (QED) is 0.241. The molecule has 5 atom stereocenters. The Bertz CT molecular complexity index is 585. The Morgan fingerprint density at radius 1 is 0.862 bits per heavy atom. The van der Waals surface area contributed by atoms with Crippen LogP contribution in [0.15, 0.2) is 0 Å². The number of carbonyl (C=O) groups excluding carboxylic acids is 3. The van der Waals surface area contributed by atoms with Crippen molar-refractivity contribution < 1.29 is 24.3 Å². The van der Waals surface area contributed by atoms with Crippen LogP contribution in [0.1, 0.15) is 48.0 Å². The molecule has 6 N–H and O–H groups in total. The average molecular weight is 433 g/mol. The van der Waals surface area contributed by atoms with E-state index in [4.69, 9.17) is 5.73 Å². The third-order valence-corrected chi connectivity index (χ3v) is 5.23. The van der Waals surface area contributed by atoms with Crippen molar-refractivity contribution in [2.45, 2.75) is 72.1 Å². The highest BCUT2D eigenvalue weighted by Gasteiger charge is 2.32. The first-order valence-corrected chi connectivity index (χ1v) is 10.5. The van der Waals surface area contributed by atoms with Crippen molar-refractivity contribution in [2.75, 3.05) is 5.75 Å². The van der Waals surface area contributed by atoms with Gasteiger partial charge < -0.3 is 26.8 Å². The molecule has 0 spiro atoms. The molecule has 5 unspecified atom stereocenters. The van der Waals surface area contributed by atoms with Gasteiger partial charge in [-0.1, -0.05) is 48.0 Å². The van der Waals surface area contributed by atoms with Gasteiger partial charge in [0, 0.05) is 5.75 Å². The van der Waals surface area contributed by atoms with E-state index in [0.29, 0.717) is 6.42 Å². The minimum atomic E-state index is -1.16. The summed E-state index contributed by atoms with van der Waals surface area (Å²) in [6.07, 6.45) is 0.613. The van der Waals surface area contributed by atoms with Gasteiger partial charge in [-0.3, -0.25) is 14.4 Å². The molecule has 0 saturated heterocycles. The summed E-state index contributed by atoms with van der Waals surface area (Å²) in [5.74, 6) is -3.48. The van der Waals surface area contributed by atoms with Crippen molar-refractivity contribution in [3.05, 3.63) is 0 Å². The van der Waals surface area contributed by atoms with Crippen LogP contribution in [-0.4, -0.2) is 58.7 Å². The fourth-order valence-corrected chi connectivity index (χ4v) is 2.73. The highest BCUT2D eigenvalue weighted by molar-refractivity contribution is 7.80. The van der Waals surface area contributed by atoms with Crippen LogP contribution in [0.4, 0.5) is 0 Å². The lowest BCUT2D eigenvalue weighted by Crippen LogP contribution is -2.59. The third kappa shape index (κ3) is 8.61. The Morgan fingerprint density at radius 2 is 1.38 bits per heavy atom. The predicted molar refractivity (Wildman–Crippen MR) is 114 cm³/mol. The summed E-state index contributed by atoms with van der Waals surface area (Å²) in [5.41, 5.74) is 5.86. The highest BCUT2D eigenvalue weighted by Crippen LogP contribution is 2.10. The van der Waals surface area contributed by atoms with Crippen LogP contribution in [-0.2, 0) is 19.2 Å². The maximum atomic E-state index is 12.8. The van der Waals surface area contributed by atoms with E-state index in [1.165, 1.54) is 0 Å². The molecule has 10 heteroatoms. The number of hydrogen-bond acceptors (Lipinski definition) is 6. The van der Waals surface area contributed by atoms with Crippen LogP contribution in [0.2, 0.25) is 0 Å². The molecule has 0 aromatic carbocycles. The molecule has 168 valence electrons. The second-order valence-electron chi connectivity index (χ2n) is 7.95. The lowest BCUT2D eigenvalue weighted by atomic mass is 9.96. The summed E-state index contributed by atoms with van der Waals surface area (Å²) >= 11 is 4.10. The number of aliphatic carboxylic acids is 1. The van der Waals surface area contributed by atoms with E-state index in [9.17, 15) is 24.3 Å². The SMILES string of the molecule is CCC(C)C(NC(=O)C(N)C(C)C)C(=O)NC(CS)C(=O)NC(C(=O)O)C(C)C. The lowest BCUT2D eigenvalue weighted by molar-refractivity contribution is -0.143. The number of rotatable bonds is 12. The van der Waals surface area contributed by atoms with Gasteiger partial charge >= 0.3 is 5.97 Å². The largest absolute Gasteiger partial charge is 0.480 e. The normalized spacial score (nSPS) is 16.5. The second kappa shape index (κ2) is 12.7. The summed E-state index contributed by atoms with van der Waals surface area (Å²) in [6, 6.07) is -3.78. The molecule has 0 radical (unpaired) electrons. The smallest absolute Gasteiger partial charge is 0.326 e. The molecule has 0 bridgehead atoms.